The van der Waals surface area contributed by atoms with E-state index in [1.165, 1.54) is 0 Å². The molecule has 0 saturated carbocycles. The van der Waals surface area contributed by atoms with Crippen LogP contribution in [0.15, 0.2) is 0 Å². The highest BCUT2D eigenvalue weighted by atomic mass is 16.7. The fourth-order valence-corrected chi connectivity index (χ4v) is 2.83. The summed E-state index contributed by atoms with van der Waals surface area (Å²) in [5, 5.41) is 38.7. The second-order valence-corrected chi connectivity index (χ2v) is 6.63. The normalized spacial score (nSPS) is 34.1. The van der Waals surface area contributed by atoms with Crippen LogP contribution in [0.25, 0.3) is 0 Å². The zero-order valence-corrected chi connectivity index (χ0v) is 14.1. The van der Waals surface area contributed by atoms with Crippen LogP contribution in [0, 0.1) is 0 Å². The zero-order chi connectivity index (χ0) is 17.6. The van der Waals surface area contributed by atoms with Crippen molar-refractivity contribution in [3.05, 3.63) is 0 Å². The van der Waals surface area contributed by atoms with Gasteiger partial charge in [-0.25, -0.2) is 0 Å². The zero-order valence-electron chi connectivity index (χ0n) is 14.1. The topological polar surface area (TPSA) is 116 Å². The maximum atomic E-state index is 11.1. The first-order valence-corrected chi connectivity index (χ1v) is 8.29. The number of aliphatic hydroxyl groups excluding tert-OH is 3. The minimum atomic E-state index is -1.43. The Morgan fingerprint density at radius 1 is 1.13 bits per heavy atom. The van der Waals surface area contributed by atoms with Gasteiger partial charge in [0.15, 0.2) is 6.29 Å². The van der Waals surface area contributed by atoms with Gasteiger partial charge >= 0.3 is 5.97 Å². The van der Waals surface area contributed by atoms with Crippen molar-refractivity contribution < 1.29 is 34.7 Å². The fraction of sp³-hybridized carbons (Fsp3) is 0.938. The molecule has 0 spiro atoms. The standard InChI is InChI=1S/C16H30O7/c1-4-5-6-7-8-16(3,9-11(17)18)23-15-14(21)13(20)12(19)10(2)22-15/h10,12-15,19-21H,4-9H2,1-3H3,(H,17,18)/t10-,12-,13+,14+,15-,16+/m0/s1. The first kappa shape index (κ1) is 20.3. The molecule has 0 radical (unpaired) electrons. The van der Waals surface area contributed by atoms with E-state index < -0.39 is 42.3 Å². The number of ether oxygens (including phenoxy) is 2. The van der Waals surface area contributed by atoms with E-state index in [2.05, 4.69) is 6.92 Å². The summed E-state index contributed by atoms with van der Waals surface area (Å²) < 4.78 is 11.2. The molecule has 136 valence electrons. The number of carboxylic acids is 1. The molecule has 1 heterocycles. The van der Waals surface area contributed by atoms with Gasteiger partial charge in [0.25, 0.3) is 0 Å². The Labute approximate surface area is 137 Å². The van der Waals surface area contributed by atoms with E-state index in [9.17, 15) is 20.1 Å². The SMILES string of the molecule is CCCCCC[C@](C)(CC(=O)O)O[C@@H]1O[C@@H](C)[C@H](O)[C@@H](O)[C@H]1O. The minimum absolute atomic E-state index is 0.223. The number of hydrogen-bond donors (Lipinski definition) is 4. The van der Waals surface area contributed by atoms with E-state index in [0.29, 0.717) is 6.42 Å². The molecule has 0 aromatic carbocycles. The van der Waals surface area contributed by atoms with Crippen LogP contribution in [0.2, 0.25) is 0 Å². The second kappa shape index (κ2) is 8.94. The quantitative estimate of drug-likeness (QED) is 0.465. The van der Waals surface area contributed by atoms with Crippen molar-refractivity contribution in [1.82, 2.24) is 0 Å². The highest BCUT2D eigenvalue weighted by molar-refractivity contribution is 5.68. The predicted molar refractivity (Wildman–Crippen MR) is 82.9 cm³/mol. The maximum absolute atomic E-state index is 11.1. The molecule has 7 heteroatoms. The molecule has 1 rings (SSSR count). The summed E-state index contributed by atoms with van der Waals surface area (Å²) in [7, 11) is 0. The summed E-state index contributed by atoms with van der Waals surface area (Å²) >= 11 is 0. The number of aliphatic carboxylic acids is 1. The van der Waals surface area contributed by atoms with E-state index in [0.717, 1.165) is 25.7 Å². The Bertz CT molecular complexity index is 375. The highest BCUT2D eigenvalue weighted by Crippen LogP contribution is 2.30. The molecule has 7 nitrogen and oxygen atoms in total. The Morgan fingerprint density at radius 2 is 1.78 bits per heavy atom. The third-order valence-electron chi connectivity index (χ3n) is 4.29. The molecule has 0 aromatic heterocycles. The largest absolute Gasteiger partial charge is 0.481 e. The third-order valence-corrected chi connectivity index (χ3v) is 4.29. The van der Waals surface area contributed by atoms with Crippen molar-refractivity contribution in [2.45, 2.75) is 95.6 Å². The van der Waals surface area contributed by atoms with Gasteiger partial charge in [-0.1, -0.05) is 32.6 Å². The first-order valence-electron chi connectivity index (χ1n) is 8.29. The molecule has 0 amide bonds. The van der Waals surface area contributed by atoms with Gasteiger partial charge in [0.1, 0.15) is 18.3 Å². The van der Waals surface area contributed by atoms with Gasteiger partial charge in [0.05, 0.1) is 18.1 Å². The van der Waals surface area contributed by atoms with E-state index in [1.807, 2.05) is 0 Å². The van der Waals surface area contributed by atoms with Crippen LogP contribution in [0.1, 0.15) is 59.3 Å². The Morgan fingerprint density at radius 3 is 2.35 bits per heavy atom. The van der Waals surface area contributed by atoms with Crippen LogP contribution in [0.5, 0.6) is 0 Å². The Kier molecular flexibility index (Phi) is 7.89. The van der Waals surface area contributed by atoms with E-state index >= 15 is 0 Å². The van der Waals surface area contributed by atoms with Gasteiger partial charge in [-0.3, -0.25) is 4.79 Å². The summed E-state index contributed by atoms with van der Waals surface area (Å²) in [6, 6.07) is 0. The number of rotatable bonds is 9. The third kappa shape index (κ3) is 6.00. The molecule has 1 aliphatic rings. The molecule has 6 atom stereocenters. The fourth-order valence-electron chi connectivity index (χ4n) is 2.83. The molecule has 23 heavy (non-hydrogen) atoms. The predicted octanol–water partition coefficient (Wildman–Crippen LogP) is 1.03. The Hall–Kier alpha value is -0.730. The maximum Gasteiger partial charge on any atom is 0.306 e. The number of aliphatic hydroxyl groups is 3. The van der Waals surface area contributed by atoms with Gasteiger partial charge in [-0.15, -0.1) is 0 Å². The molecule has 1 saturated heterocycles. The summed E-state index contributed by atoms with van der Waals surface area (Å²) in [4.78, 5) is 11.1. The smallest absolute Gasteiger partial charge is 0.306 e. The lowest BCUT2D eigenvalue weighted by Crippen LogP contribution is -2.59. The van der Waals surface area contributed by atoms with E-state index in [4.69, 9.17) is 14.6 Å². The summed E-state index contributed by atoms with van der Waals surface area (Å²) in [6.07, 6.45) is -1.70. The molecule has 4 N–H and O–H groups in total. The number of unbranched alkanes of at least 4 members (excludes halogenated alkanes) is 3. The van der Waals surface area contributed by atoms with Crippen molar-refractivity contribution in [3.63, 3.8) is 0 Å². The van der Waals surface area contributed by atoms with Crippen LogP contribution in [0.4, 0.5) is 0 Å². The molecule has 0 bridgehead atoms. The van der Waals surface area contributed by atoms with Gasteiger partial charge < -0.3 is 29.9 Å². The average molecular weight is 334 g/mol. The van der Waals surface area contributed by atoms with Crippen LogP contribution in [-0.4, -0.2) is 62.7 Å². The summed E-state index contributed by atoms with van der Waals surface area (Å²) in [6.45, 7) is 5.32. The van der Waals surface area contributed by atoms with Crippen molar-refractivity contribution >= 4 is 5.97 Å². The summed E-state index contributed by atoms with van der Waals surface area (Å²) in [5.41, 5.74) is -1.01. The lowest BCUT2D eigenvalue weighted by molar-refractivity contribution is -0.319. The molecule has 1 aliphatic heterocycles. The summed E-state index contributed by atoms with van der Waals surface area (Å²) in [5.74, 6) is -0.998. The van der Waals surface area contributed by atoms with Crippen LogP contribution < -0.4 is 0 Å². The van der Waals surface area contributed by atoms with E-state index in [1.54, 1.807) is 13.8 Å². The lowest BCUT2D eigenvalue weighted by atomic mass is 9.93. The van der Waals surface area contributed by atoms with Crippen molar-refractivity contribution in [2.75, 3.05) is 0 Å². The van der Waals surface area contributed by atoms with Crippen molar-refractivity contribution in [1.29, 1.82) is 0 Å². The number of carboxylic acid groups (broad SMARTS) is 1. The number of carbonyl (C=O) groups is 1. The van der Waals surface area contributed by atoms with Gasteiger partial charge in [0.2, 0.25) is 0 Å². The van der Waals surface area contributed by atoms with Gasteiger partial charge in [-0.2, -0.15) is 0 Å². The van der Waals surface area contributed by atoms with Crippen LogP contribution >= 0.6 is 0 Å². The molecule has 0 aromatic rings. The Balaban J connectivity index is 2.73. The molecular formula is C16H30O7. The van der Waals surface area contributed by atoms with E-state index in [-0.39, 0.29) is 6.42 Å². The first-order chi connectivity index (χ1) is 10.7. The van der Waals surface area contributed by atoms with Crippen molar-refractivity contribution in [3.8, 4) is 0 Å². The number of hydrogen-bond acceptors (Lipinski definition) is 6. The molecule has 0 unspecified atom stereocenters. The molecule has 0 aliphatic carbocycles. The average Bonchev–Trinajstić information content (AvgIpc) is 2.46. The monoisotopic (exact) mass is 334 g/mol. The van der Waals surface area contributed by atoms with Gasteiger partial charge in [0, 0.05) is 0 Å². The molecule has 1 fully saturated rings. The highest BCUT2D eigenvalue weighted by Gasteiger charge is 2.45. The minimum Gasteiger partial charge on any atom is -0.481 e. The molecular weight excluding hydrogens is 304 g/mol. The van der Waals surface area contributed by atoms with Crippen molar-refractivity contribution in [2.24, 2.45) is 0 Å². The lowest BCUT2D eigenvalue weighted by Gasteiger charge is -2.42. The van der Waals surface area contributed by atoms with Crippen LogP contribution in [-0.2, 0) is 14.3 Å². The van der Waals surface area contributed by atoms with Crippen LogP contribution in [0.3, 0.4) is 0 Å². The van der Waals surface area contributed by atoms with Gasteiger partial charge in [-0.05, 0) is 20.3 Å². The second-order valence-electron chi connectivity index (χ2n) is 6.63.